The fourth-order valence-electron chi connectivity index (χ4n) is 2.60. The zero-order chi connectivity index (χ0) is 14.8. The van der Waals surface area contributed by atoms with Gasteiger partial charge in [0.1, 0.15) is 12.3 Å². The minimum absolute atomic E-state index is 0.333. The summed E-state index contributed by atoms with van der Waals surface area (Å²) in [5.74, 6) is -0.190. The molecule has 3 rings (SSSR count). The third kappa shape index (κ3) is 2.75. The SMILES string of the molecule is COCc1cc(CN2CCc3cc(C(=O)O)ccc32)no1. The van der Waals surface area contributed by atoms with Gasteiger partial charge in [0.25, 0.3) is 0 Å². The zero-order valence-corrected chi connectivity index (χ0v) is 11.7. The number of benzene rings is 1. The van der Waals surface area contributed by atoms with Gasteiger partial charge in [-0.25, -0.2) is 4.79 Å². The van der Waals surface area contributed by atoms with Gasteiger partial charge < -0.3 is 19.3 Å². The van der Waals surface area contributed by atoms with Gasteiger partial charge in [-0.1, -0.05) is 5.16 Å². The molecule has 6 nitrogen and oxygen atoms in total. The van der Waals surface area contributed by atoms with E-state index in [1.165, 1.54) is 0 Å². The molecule has 6 heteroatoms. The minimum Gasteiger partial charge on any atom is -0.478 e. The second-order valence-corrected chi connectivity index (χ2v) is 5.04. The first-order valence-electron chi connectivity index (χ1n) is 6.72. The Morgan fingerprint density at radius 1 is 1.48 bits per heavy atom. The summed E-state index contributed by atoms with van der Waals surface area (Å²) in [6.45, 7) is 1.91. The molecule has 1 aliphatic rings. The number of ether oxygens (including phenoxy) is 1. The highest BCUT2D eigenvalue weighted by Crippen LogP contribution is 2.30. The number of nitrogens with zero attached hydrogens (tertiary/aromatic N) is 2. The van der Waals surface area contributed by atoms with E-state index in [-0.39, 0.29) is 0 Å². The number of aromatic carboxylic acids is 1. The highest BCUT2D eigenvalue weighted by molar-refractivity contribution is 5.88. The van der Waals surface area contributed by atoms with Crippen LogP contribution in [0.4, 0.5) is 5.69 Å². The molecular formula is C15H16N2O4. The smallest absolute Gasteiger partial charge is 0.335 e. The molecule has 21 heavy (non-hydrogen) atoms. The van der Waals surface area contributed by atoms with Gasteiger partial charge in [0.05, 0.1) is 12.1 Å². The summed E-state index contributed by atoms with van der Waals surface area (Å²) in [4.78, 5) is 13.2. The van der Waals surface area contributed by atoms with Crippen LogP contribution in [-0.4, -0.2) is 29.9 Å². The van der Waals surface area contributed by atoms with Crippen molar-refractivity contribution in [2.45, 2.75) is 19.6 Å². The summed E-state index contributed by atoms with van der Waals surface area (Å²) < 4.78 is 10.2. The Morgan fingerprint density at radius 2 is 2.33 bits per heavy atom. The normalized spacial score (nSPS) is 13.5. The Labute approximate surface area is 121 Å². The van der Waals surface area contributed by atoms with E-state index in [1.54, 1.807) is 19.2 Å². The van der Waals surface area contributed by atoms with Crippen LogP contribution in [0.3, 0.4) is 0 Å². The summed E-state index contributed by atoms with van der Waals surface area (Å²) >= 11 is 0. The molecule has 0 bridgehead atoms. The van der Waals surface area contributed by atoms with Gasteiger partial charge in [0.15, 0.2) is 5.76 Å². The number of carboxylic acid groups (broad SMARTS) is 1. The predicted octanol–water partition coefficient (Wildman–Crippen LogP) is 2.08. The van der Waals surface area contributed by atoms with Crippen molar-refractivity contribution in [3.05, 3.63) is 46.8 Å². The maximum atomic E-state index is 11.0. The Balaban J connectivity index is 1.76. The average Bonchev–Trinajstić information content (AvgIpc) is 3.07. The molecule has 110 valence electrons. The molecule has 0 unspecified atom stereocenters. The standard InChI is InChI=1S/C15H16N2O4/c1-20-9-13-7-12(16-21-13)8-17-5-4-10-6-11(15(18)19)2-3-14(10)17/h2-3,6-7H,4-5,8-9H2,1H3,(H,18,19). The van der Waals surface area contributed by atoms with Crippen molar-refractivity contribution in [1.29, 1.82) is 0 Å². The molecule has 0 fully saturated rings. The first kappa shape index (κ1) is 13.6. The molecule has 0 aliphatic carbocycles. The molecule has 1 aromatic carbocycles. The van der Waals surface area contributed by atoms with Crippen molar-refractivity contribution in [1.82, 2.24) is 5.16 Å². The minimum atomic E-state index is -0.892. The van der Waals surface area contributed by atoms with Crippen molar-refractivity contribution in [2.75, 3.05) is 18.6 Å². The third-order valence-corrected chi connectivity index (χ3v) is 3.57. The van der Waals surface area contributed by atoms with Gasteiger partial charge in [-0.05, 0) is 30.2 Å². The van der Waals surface area contributed by atoms with Crippen LogP contribution in [0.5, 0.6) is 0 Å². The van der Waals surface area contributed by atoms with Gasteiger partial charge >= 0.3 is 5.97 Å². The Kier molecular flexibility index (Phi) is 3.62. The van der Waals surface area contributed by atoms with Crippen LogP contribution in [0.25, 0.3) is 0 Å². The molecule has 2 heterocycles. The lowest BCUT2D eigenvalue weighted by Crippen LogP contribution is -2.19. The van der Waals surface area contributed by atoms with E-state index in [2.05, 4.69) is 10.1 Å². The molecule has 1 aromatic heterocycles. The number of anilines is 1. The third-order valence-electron chi connectivity index (χ3n) is 3.57. The number of carboxylic acids is 1. The van der Waals surface area contributed by atoms with Crippen molar-refractivity contribution < 1.29 is 19.2 Å². The fourth-order valence-corrected chi connectivity index (χ4v) is 2.60. The maximum Gasteiger partial charge on any atom is 0.335 e. The maximum absolute atomic E-state index is 11.0. The number of rotatable bonds is 5. The van der Waals surface area contributed by atoms with Crippen molar-refractivity contribution >= 4 is 11.7 Å². The number of carbonyl (C=O) groups is 1. The highest BCUT2D eigenvalue weighted by Gasteiger charge is 2.21. The Morgan fingerprint density at radius 3 is 3.10 bits per heavy atom. The molecule has 0 amide bonds. The lowest BCUT2D eigenvalue weighted by molar-refractivity contribution is 0.0697. The van der Waals surface area contributed by atoms with Crippen LogP contribution >= 0.6 is 0 Å². The molecule has 0 spiro atoms. The predicted molar refractivity (Wildman–Crippen MR) is 75.4 cm³/mol. The van der Waals surface area contributed by atoms with Crippen LogP contribution in [0.15, 0.2) is 28.8 Å². The zero-order valence-electron chi connectivity index (χ0n) is 11.7. The van der Waals surface area contributed by atoms with Crippen LogP contribution in [0, 0.1) is 0 Å². The van der Waals surface area contributed by atoms with Crippen LogP contribution in [0.2, 0.25) is 0 Å². The van der Waals surface area contributed by atoms with E-state index >= 15 is 0 Å². The van der Waals surface area contributed by atoms with Gasteiger partial charge in [0, 0.05) is 25.4 Å². The van der Waals surface area contributed by atoms with Gasteiger partial charge in [0.2, 0.25) is 0 Å². The average molecular weight is 288 g/mol. The number of hydrogen-bond acceptors (Lipinski definition) is 5. The van der Waals surface area contributed by atoms with E-state index < -0.39 is 5.97 Å². The van der Waals surface area contributed by atoms with E-state index in [0.29, 0.717) is 24.5 Å². The van der Waals surface area contributed by atoms with Crippen LogP contribution in [-0.2, 0) is 24.3 Å². The van der Waals surface area contributed by atoms with E-state index in [9.17, 15) is 4.79 Å². The van der Waals surface area contributed by atoms with E-state index in [4.69, 9.17) is 14.4 Å². The first-order valence-corrected chi connectivity index (χ1v) is 6.72. The number of hydrogen-bond donors (Lipinski definition) is 1. The quantitative estimate of drug-likeness (QED) is 0.907. The molecule has 1 N–H and O–H groups in total. The van der Waals surface area contributed by atoms with Crippen LogP contribution in [0.1, 0.15) is 27.4 Å². The molecule has 0 saturated carbocycles. The van der Waals surface area contributed by atoms with Gasteiger partial charge in [-0.3, -0.25) is 0 Å². The van der Waals surface area contributed by atoms with Crippen LogP contribution < -0.4 is 4.90 Å². The lowest BCUT2D eigenvalue weighted by atomic mass is 10.1. The van der Waals surface area contributed by atoms with Crippen molar-refractivity contribution in [2.24, 2.45) is 0 Å². The van der Waals surface area contributed by atoms with Gasteiger partial charge in [-0.15, -0.1) is 0 Å². The largest absolute Gasteiger partial charge is 0.478 e. The molecular weight excluding hydrogens is 272 g/mol. The number of aromatic nitrogens is 1. The fraction of sp³-hybridized carbons (Fsp3) is 0.333. The number of methoxy groups -OCH3 is 1. The van der Waals surface area contributed by atoms with Crippen molar-refractivity contribution in [3.63, 3.8) is 0 Å². The molecule has 0 saturated heterocycles. The molecule has 0 radical (unpaired) electrons. The molecule has 1 aliphatic heterocycles. The summed E-state index contributed by atoms with van der Waals surface area (Å²) in [7, 11) is 1.61. The first-order chi connectivity index (χ1) is 10.2. The Hall–Kier alpha value is -2.34. The summed E-state index contributed by atoms with van der Waals surface area (Å²) in [5.41, 5.74) is 3.31. The highest BCUT2D eigenvalue weighted by atomic mass is 16.5. The second kappa shape index (κ2) is 5.57. The van der Waals surface area contributed by atoms with Crippen molar-refractivity contribution in [3.8, 4) is 0 Å². The number of fused-ring (bicyclic) bond motifs is 1. The van der Waals surface area contributed by atoms with E-state index in [1.807, 2.05) is 12.1 Å². The Bertz CT molecular complexity index is 665. The monoisotopic (exact) mass is 288 g/mol. The summed E-state index contributed by atoms with van der Waals surface area (Å²) in [6, 6.07) is 7.13. The lowest BCUT2D eigenvalue weighted by Gasteiger charge is -2.17. The molecule has 2 aromatic rings. The summed E-state index contributed by atoms with van der Waals surface area (Å²) in [6.07, 6.45) is 0.846. The topological polar surface area (TPSA) is 75.8 Å². The molecule has 0 atom stereocenters. The van der Waals surface area contributed by atoms with Gasteiger partial charge in [-0.2, -0.15) is 0 Å². The second-order valence-electron chi connectivity index (χ2n) is 5.04. The summed E-state index contributed by atoms with van der Waals surface area (Å²) in [5, 5.41) is 13.0. The van der Waals surface area contributed by atoms with E-state index in [0.717, 1.165) is 29.9 Å².